The van der Waals surface area contributed by atoms with Gasteiger partial charge in [-0.15, -0.1) is 0 Å². The van der Waals surface area contributed by atoms with Crippen molar-refractivity contribution in [2.24, 2.45) is 12.8 Å². The number of nitrogens with two attached hydrogens (primary N) is 1. The number of rotatable bonds is 3. The second-order valence-electron chi connectivity index (χ2n) is 3.92. The van der Waals surface area contributed by atoms with Gasteiger partial charge in [0, 0.05) is 24.9 Å². The lowest BCUT2D eigenvalue weighted by Crippen LogP contribution is -2.02. The van der Waals surface area contributed by atoms with Crippen LogP contribution in [0.4, 0.5) is 0 Å². The van der Waals surface area contributed by atoms with Gasteiger partial charge in [0.25, 0.3) is 0 Å². The summed E-state index contributed by atoms with van der Waals surface area (Å²) in [5.41, 5.74) is 8.56. The van der Waals surface area contributed by atoms with Gasteiger partial charge in [-0.3, -0.25) is 4.68 Å². The Labute approximate surface area is 94.2 Å². The quantitative estimate of drug-likeness (QED) is 0.854. The molecule has 5 heteroatoms. The fraction of sp³-hybridized carbons (Fsp3) is 0.455. The van der Waals surface area contributed by atoms with Gasteiger partial charge in [-0.05, 0) is 13.3 Å². The molecule has 2 rings (SSSR count). The Kier molecular flexibility index (Phi) is 2.78. The van der Waals surface area contributed by atoms with E-state index in [2.05, 4.69) is 17.2 Å². The summed E-state index contributed by atoms with van der Waals surface area (Å²) in [6.07, 6.45) is 2.82. The molecule has 0 radical (unpaired) electrons. The van der Waals surface area contributed by atoms with Crippen molar-refractivity contribution in [3.05, 3.63) is 23.7 Å². The molecule has 2 heterocycles. The highest BCUT2D eigenvalue weighted by Crippen LogP contribution is 2.24. The van der Waals surface area contributed by atoms with Gasteiger partial charge >= 0.3 is 0 Å². The molecule has 0 aromatic carbocycles. The Morgan fingerprint density at radius 2 is 2.31 bits per heavy atom. The number of hydrogen-bond acceptors (Lipinski definition) is 4. The first-order valence-corrected chi connectivity index (χ1v) is 5.37. The van der Waals surface area contributed by atoms with Gasteiger partial charge < -0.3 is 10.3 Å². The molecule has 0 amide bonds. The van der Waals surface area contributed by atoms with Crippen molar-refractivity contribution < 1.29 is 4.52 Å². The minimum Gasteiger partial charge on any atom is -0.359 e. The second kappa shape index (κ2) is 4.09. The summed E-state index contributed by atoms with van der Waals surface area (Å²) in [6.45, 7) is 3.94. The smallest absolute Gasteiger partial charge is 0.153 e. The minimum atomic E-state index is -0.136. The summed E-state index contributed by atoms with van der Waals surface area (Å²) in [6, 6.07) is 1.74. The zero-order valence-electron chi connectivity index (χ0n) is 9.77. The van der Waals surface area contributed by atoms with Crippen molar-refractivity contribution >= 4 is 0 Å². The van der Waals surface area contributed by atoms with E-state index in [0.717, 1.165) is 23.4 Å². The Hall–Kier alpha value is -1.62. The summed E-state index contributed by atoms with van der Waals surface area (Å²) in [5.74, 6) is 0.695. The van der Waals surface area contributed by atoms with Gasteiger partial charge in [0.1, 0.15) is 5.69 Å². The molecule has 86 valence electrons. The predicted octanol–water partition coefficient (Wildman–Crippen LogP) is 1.66. The Morgan fingerprint density at radius 1 is 1.56 bits per heavy atom. The summed E-state index contributed by atoms with van der Waals surface area (Å²) in [5, 5.41) is 8.38. The predicted molar refractivity (Wildman–Crippen MR) is 60.7 cm³/mol. The monoisotopic (exact) mass is 220 g/mol. The number of aryl methyl sites for hydroxylation is 2. The van der Waals surface area contributed by atoms with Gasteiger partial charge in [-0.1, -0.05) is 12.1 Å². The van der Waals surface area contributed by atoms with Gasteiger partial charge in [-0.2, -0.15) is 5.10 Å². The molecule has 2 aromatic rings. The zero-order chi connectivity index (χ0) is 11.7. The molecule has 5 nitrogen and oxygen atoms in total. The molecular weight excluding hydrogens is 204 g/mol. The van der Waals surface area contributed by atoms with E-state index in [9.17, 15) is 0 Å². The molecule has 0 bridgehead atoms. The third-order valence-corrected chi connectivity index (χ3v) is 2.49. The van der Waals surface area contributed by atoms with Gasteiger partial charge in [-0.25, -0.2) is 0 Å². The van der Waals surface area contributed by atoms with E-state index in [1.165, 1.54) is 0 Å². The minimum absolute atomic E-state index is 0.136. The van der Waals surface area contributed by atoms with E-state index in [1.807, 2.05) is 26.2 Å². The molecule has 0 spiro atoms. The van der Waals surface area contributed by atoms with Crippen molar-refractivity contribution in [3.63, 3.8) is 0 Å². The first-order valence-electron chi connectivity index (χ1n) is 5.37. The Balaban J connectivity index is 2.41. The van der Waals surface area contributed by atoms with Crippen LogP contribution in [0.1, 0.15) is 31.3 Å². The normalized spacial score (nSPS) is 13.0. The largest absolute Gasteiger partial charge is 0.359 e. The summed E-state index contributed by atoms with van der Waals surface area (Å²) in [7, 11) is 1.90. The van der Waals surface area contributed by atoms with Gasteiger partial charge in [0.15, 0.2) is 5.76 Å². The van der Waals surface area contributed by atoms with E-state index >= 15 is 0 Å². The molecule has 2 aromatic heterocycles. The van der Waals surface area contributed by atoms with E-state index < -0.39 is 0 Å². The highest BCUT2D eigenvalue weighted by atomic mass is 16.5. The molecule has 1 atom stereocenters. The van der Waals surface area contributed by atoms with E-state index in [-0.39, 0.29) is 6.04 Å². The van der Waals surface area contributed by atoms with E-state index in [1.54, 1.807) is 4.68 Å². The van der Waals surface area contributed by atoms with Crippen LogP contribution in [0, 0.1) is 0 Å². The molecule has 0 fully saturated rings. The van der Waals surface area contributed by atoms with Crippen molar-refractivity contribution in [3.8, 4) is 11.3 Å². The number of aromatic nitrogens is 3. The highest BCUT2D eigenvalue weighted by Gasteiger charge is 2.14. The summed E-state index contributed by atoms with van der Waals surface area (Å²) < 4.78 is 6.96. The van der Waals surface area contributed by atoms with Crippen LogP contribution in [0.25, 0.3) is 11.3 Å². The van der Waals surface area contributed by atoms with Gasteiger partial charge in [0.2, 0.25) is 0 Å². The molecule has 0 saturated carbocycles. The molecule has 0 saturated heterocycles. The summed E-state index contributed by atoms with van der Waals surface area (Å²) >= 11 is 0. The Morgan fingerprint density at radius 3 is 2.88 bits per heavy atom. The zero-order valence-corrected chi connectivity index (χ0v) is 9.77. The molecule has 2 N–H and O–H groups in total. The van der Waals surface area contributed by atoms with Gasteiger partial charge in [0.05, 0.1) is 11.7 Å². The topological polar surface area (TPSA) is 69.9 Å². The standard InChI is InChI=1S/C11H16N4O/c1-4-9-8(6-15(3)13-9)10-5-11(7(2)12)16-14-10/h5-7H,4,12H2,1-3H3. The second-order valence-corrected chi connectivity index (χ2v) is 3.92. The first-order chi connectivity index (χ1) is 7.61. The van der Waals surface area contributed by atoms with Crippen LogP contribution in [-0.4, -0.2) is 14.9 Å². The maximum absolute atomic E-state index is 5.73. The van der Waals surface area contributed by atoms with E-state index in [0.29, 0.717) is 5.76 Å². The van der Waals surface area contributed by atoms with Crippen LogP contribution in [0.3, 0.4) is 0 Å². The number of nitrogens with zero attached hydrogens (tertiary/aromatic N) is 3. The fourth-order valence-corrected chi connectivity index (χ4v) is 1.64. The SMILES string of the molecule is CCc1nn(C)cc1-c1cc(C(C)N)on1. The first kappa shape index (κ1) is 10.9. The van der Waals surface area contributed by atoms with E-state index in [4.69, 9.17) is 10.3 Å². The lowest BCUT2D eigenvalue weighted by molar-refractivity contribution is 0.369. The van der Waals surface area contributed by atoms with Crippen LogP contribution in [0.2, 0.25) is 0 Å². The lowest BCUT2D eigenvalue weighted by atomic mass is 10.1. The maximum atomic E-state index is 5.73. The molecule has 0 aliphatic rings. The van der Waals surface area contributed by atoms with Crippen molar-refractivity contribution in [1.82, 2.24) is 14.9 Å². The van der Waals surface area contributed by atoms with Crippen molar-refractivity contribution in [2.75, 3.05) is 0 Å². The Bertz CT molecular complexity index is 484. The van der Waals surface area contributed by atoms with Crippen LogP contribution in [-0.2, 0) is 13.5 Å². The van der Waals surface area contributed by atoms with Crippen LogP contribution >= 0.6 is 0 Å². The third kappa shape index (κ3) is 1.86. The average molecular weight is 220 g/mol. The highest BCUT2D eigenvalue weighted by molar-refractivity contribution is 5.61. The summed E-state index contributed by atoms with van der Waals surface area (Å²) in [4.78, 5) is 0. The van der Waals surface area contributed by atoms with Crippen LogP contribution in [0.15, 0.2) is 16.8 Å². The van der Waals surface area contributed by atoms with Crippen LogP contribution < -0.4 is 5.73 Å². The molecule has 16 heavy (non-hydrogen) atoms. The maximum Gasteiger partial charge on any atom is 0.153 e. The lowest BCUT2D eigenvalue weighted by Gasteiger charge is -1.94. The van der Waals surface area contributed by atoms with Crippen LogP contribution in [0.5, 0.6) is 0 Å². The molecule has 1 unspecified atom stereocenters. The average Bonchev–Trinajstić information content (AvgIpc) is 2.82. The number of hydrogen-bond donors (Lipinski definition) is 1. The fourth-order valence-electron chi connectivity index (χ4n) is 1.64. The molecule has 0 aliphatic carbocycles. The third-order valence-electron chi connectivity index (χ3n) is 2.49. The van der Waals surface area contributed by atoms with Crippen molar-refractivity contribution in [1.29, 1.82) is 0 Å². The molecular formula is C11H16N4O. The molecule has 0 aliphatic heterocycles. The van der Waals surface area contributed by atoms with Crippen molar-refractivity contribution in [2.45, 2.75) is 26.3 Å².